The van der Waals surface area contributed by atoms with Crippen molar-refractivity contribution in [2.45, 2.75) is 38.5 Å². The van der Waals surface area contributed by atoms with Crippen molar-refractivity contribution in [3.8, 4) is 5.75 Å². The van der Waals surface area contributed by atoms with Gasteiger partial charge in [-0.05, 0) is 42.9 Å². The fourth-order valence-electron chi connectivity index (χ4n) is 2.65. The number of aryl methyl sites for hydroxylation is 1. The highest BCUT2D eigenvalue weighted by molar-refractivity contribution is 5.81. The smallest absolute Gasteiger partial charge is 0.330 e. The van der Waals surface area contributed by atoms with Gasteiger partial charge in [0, 0.05) is 6.08 Å². The van der Waals surface area contributed by atoms with Crippen molar-refractivity contribution >= 4 is 17.9 Å². The SMILES string of the molecule is C=CC(=O)OCCOC(=O)CCC(=O)Oc1cccc2c1CCCC2. The first-order chi connectivity index (χ1) is 12.1. The van der Waals surface area contributed by atoms with Gasteiger partial charge in [0.2, 0.25) is 0 Å². The van der Waals surface area contributed by atoms with Crippen LogP contribution in [0.1, 0.15) is 36.8 Å². The Kier molecular flexibility index (Phi) is 7.19. The van der Waals surface area contributed by atoms with Crippen molar-refractivity contribution in [3.05, 3.63) is 42.0 Å². The maximum absolute atomic E-state index is 12.0. The van der Waals surface area contributed by atoms with Gasteiger partial charge in [-0.1, -0.05) is 18.7 Å². The van der Waals surface area contributed by atoms with Crippen LogP contribution in [0.25, 0.3) is 0 Å². The van der Waals surface area contributed by atoms with Gasteiger partial charge in [0.1, 0.15) is 19.0 Å². The highest BCUT2D eigenvalue weighted by Crippen LogP contribution is 2.29. The average Bonchev–Trinajstić information content (AvgIpc) is 2.63. The summed E-state index contributed by atoms with van der Waals surface area (Å²) in [5, 5.41) is 0. The van der Waals surface area contributed by atoms with Gasteiger partial charge in [-0.15, -0.1) is 0 Å². The molecule has 25 heavy (non-hydrogen) atoms. The topological polar surface area (TPSA) is 78.9 Å². The number of carbonyl (C=O) groups is 3. The van der Waals surface area contributed by atoms with E-state index in [0.717, 1.165) is 37.3 Å². The standard InChI is InChI=1S/C19H22O6/c1-2-17(20)23-12-13-24-18(21)10-11-19(22)25-16-9-5-7-14-6-3-4-8-15(14)16/h2,5,7,9H,1,3-4,6,8,10-13H2. The maximum Gasteiger partial charge on any atom is 0.330 e. The molecule has 0 fully saturated rings. The average molecular weight is 346 g/mol. The van der Waals surface area contributed by atoms with Crippen LogP contribution < -0.4 is 4.74 Å². The summed E-state index contributed by atoms with van der Waals surface area (Å²) in [4.78, 5) is 34.3. The number of ether oxygens (including phenoxy) is 3. The molecule has 0 atom stereocenters. The van der Waals surface area contributed by atoms with Gasteiger partial charge in [0.25, 0.3) is 0 Å². The molecule has 1 aromatic rings. The Balaban J connectivity index is 1.71. The first kappa shape index (κ1) is 18.7. The second-order valence-corrected chi connectivity index (χ2v) is 5.67. The summed E-state index contributed by atoms with van der Waals surface area (Å²) in [6, 6.07) is 5.72. The van der Waals surface area contributed by atoms with E-state index >= 15 is 0 Å². The molecule has 0 spiro atoms. The van der Waals surface area contributed by atoms with Gasteiger partial charge in [-0.3, -0.25) is 9.59 Å². The fourth-order valence-corrected chi connectivity index (χ4v) is 2.65. The number of fused-ring (bicyclic) bond motifs is 1. The van der Waals surface area contributed by atoms with Gasteiger partial charge in [-0.2, -0.15) is 0 Å². The molecule has 0 amide bonds. The Morgan fingerprint density at radius 1 is 1.00 bits per heavy atom. The molecule has 6 heteroatoms. The second kappa shape index (κ2) is 9.61. The lowest BCUT2D eigenvalue weighted by atomic mass is 9.91. The quantitative estimate of drug-likeness (QED) is 0.311. The van der Waals surface area contributed by atoms with Crippen LogP contribution >= 0.6 is 0 Å². The Morgan fingerprint density at radius 3 is 2.52 bits per heavy atom. The Morgan fingerprint density at radius 2 is 1.72 bits per heavy atom. The van der Waals surface area contributed by atoms with Crippen LogP contribution in [0, 0.1) is 0 Å². The summed E-state index contributed by atoms with van der Waals surface area (Å²) < 4.78 is 15.0. The molecule has 0 aliphatic heterocycles. The minimum Gasteiger partial charge on any atom is -0.462 e. The molecule has 0 saturated heterocycles. The number of benzene rings is 1. The van der Waals surface area contributed by atoms with E-state index in [1.165, 1.54) is 5.56 Å². The van der Waals surface area contributed by atoms with Crippen LogP contribution in [-0.4, -0.2) is 31.1 Å². The molecule has 6 nitrogen and oxygen atoms in total. The Bertz CT molecular complexity index is 649. The minimum atomic E-state index is -0.578. The van der Waals surface area contributed by atoms with Crippen LogP contribution in [0.15, 0.2) is 30.9 Å². The summed E-state index contributed by atoms with van der Waals surface area (Å²) in [6.07, 6.45) is 5.04. The van der Waals surface area contributed by atoms with Gasteiger partial charge >= 0.3 is 17.9 Å². The van der Waals surface area contributed by atoms with Crippen LogP contribution in [0.4, 0.5) is 0 Å². The summed E-state index contributed by atoms with van der Waals surface area (Å²) >= 11 is 0. The molecule has 0 bridgehead atoms. The molecule has 0 aromatic heterocycles. The largest absolute Gasteiger partial charge is 0.462 e. The zero-order chi connectivity index (χ0) is 18.1. The molecule has 0 unspecified atom stereocenters. The number of esters is 3. The molecule has 134 valence electrons. The molecule has 0 saturated carbocycles. The van der Waals surface area contributed by atoms with Gasteiger partial charge in [0.05, 0.1) is 12.8 Å². The van der Waals surface area contributed by atoms with E-state index in [4.69, 9.17) is 9.47 Å². The monoisotopic (exact) mass is 346 g/mol. The van der Waals surface area contributed by atoms with E-state index in [0.29, 0.717) is 5.75 Å². The number of rotatable bonds is 8. The summed E-state index contributed by atoms with van der Waals surface area (Å²) in [5.41, 5.74) is 2.32. The molecule has 0 N–H and O–H groups in total. The summed E-state index contributed by atoms with van der Waals surface area (Å²) in [6.45, 7) is 3.15. The zero-order valence-electron chi connectivity index (χ0n) is 14.1. The van der Waals surface area contributed by atoms with Gasteiger partial charge in [-0.25, -0.2) is 4.79 Å². The van der Waals surface area contributed by atoms with E-state index in [1.807, 2.05) is 6.07 Å². The van der Waals surface area contributed by atoms with E-state index in [1.54, 1.807) is 6.07 Å². The third-order valence-corrected chi connectivity index (χ3v) is 3.87. The third-order valence-electron chi connectivity index (χ3n) is 3.87. The molecule has 0 heterocycles. The van der Waals surface area contributed by atoms with Crippen molar-refractivity contribution < 1.29 is 28.6 Å². The van der Waals surface area contributed by atoms with Crippen molar-refractivity contribution in [3.63, 3.8) is 0 Å². The van der Waals surface area contributed by atoms with Crippen molar-refractivity contribution in [2.24, 2.45) is 0 Å². The summed E-state index contributed by atoms with van der Waals surface area (Å²) in [5.74, 6) is -0.992. The van der Waals surface area contributed by atoms with Crippen molar-refractivity contribution in [2.75, 3.05) is 13.2 Å². The van der Waals surface area contributed by atoms with Crippen LogP contribution in [0.3, 0.4) is 0 Å². The lowest BCUT2D eigenvalue weighted by Crippen LogP contribution is -2.16. The zero-order valence-corrected chi connectivity index (χ0v) is 14.1. The second-order valence-electron chi connectivity index (χ2n) is 5.67. The van der Waals surface area contributed by atoms with E-state index in [-0.39, 0.29) is 26.1 Å². The highest BCUT2D eigenvalue weighted by Gasteiger charge is 2.17. The van der Waals surface area contributed by atoms with E-state index in [9.17, 15) is 14.4 Å². The molecule has 0 radical (unpaired) electrons. The maximum atomic E-state index is 12.0. The fraction of sp³-hybridized carbons (Fsp3) is 0.421. The predicted molar refractivity (Wildman–Crippen MR) is 90.1 cm³/mol. The Labute approximate surface area is 146 Å². The Hall–Kier alpha value is -2.63. The molecule has 1 aromatic carbocycles. The lowest BCUT2D eigenvalue weighted by molar-refractivity contribution is -0.151. The van der Waals surface area contributed by atoms with Crippen LogP contribution in [0.2, 0.25) is 0 Å². The number of hydrogen-bond donors (Lipinski definition) is 0. The molecule has 1 aliphatic carbocycles. The van der Waals surface area contributed by atoms with Gasteiger partial charge in [0.15, 0.2) is 0 Å². The molecular formula is C19H22O6. The summed E-state index contributed by atoms with van der Waals surface area (Å²) in [7, 11) is 0. The van der Waals surface area contributed by atoms with E-state index in [2.05, 4.69) is 17.4 Å². The van der Waals surface area contributed by atoms with Crippen molar-refractivity contribution in [1.29, 1.82) is 0 Å². The molecule has 2 rings (SSSR count). The van der Waals surface area contributed by atoms with Crippen molar-refractivity contribution in [1.82, 2.24) is 0 Å². The number of carbonyl (C=O) groups excluding carboxylic acids is 3. The first-order valence-corrected chi connectivity index (χ1v) is 8.36. The van der Waals surface area contributed by atoms with Crippen LogP contribution in [-0.2, 0) is 36.7 Å². The van der Waals surface area contributed by atoms with E-state index < -0.39 is 17.9 Å². The number of hydrogen-bond acceptors (Lipinski definition) is 6. The molecule has 1 aliphatic rings. The lowest BCUT2D eigenvalue weighted by Gasteiger charge is -2.18. The predicted octanol–water partition coefficient (Wildman–Crippen LogP) is 2.52. The normalized spacial score (nSPS) is 12.6. The highest BCUT2D eigenvalue weighted by atomic mass is 16.6. The minimum absolute atomic E-state index is 0.0445. The molecular weight excluding hydrogens is 324 g/mol. The first-order valence-electron chi connectivity index (χ1n) is 8.36. The van der Waals surface area contributed by atoms with Crippen LogP contribution in [0.5, 0.6) is 5.75 Å². The third kappa shape index (κ3) is 6.06. The van der Waals surface area contributed by atoms with Gasteiger partial charge < -0.3 is 14.2 Å².